The summed E-state index contributed by atoms with van der Waals surface area (Å²) in [6.45, 7) is 6.01. The summed E-state index contributed by atoms with van der Waals surface area (Å²) in [5, 5.41) is 1.23. The van der Waals surface area contributed by atoms with Gasteiger partial charge in [0.25, 0.3) is 0 Å². The largest absolute Gasteiger partial charge is 0.373 e. The lowest BCUT2D eigenvalue weighted by Crippen LogP contribution is -2.47. The minimum atomic E-state index is 0.218. The number of nitrogens with zero attached hydrogens (tertiary/aromatic N) is 2. The number of rotatable bonds is 4. The maximum absolute atomic E-state index is 6.16. The molecule has 3 nitrogen and oxygen atoms in total. The zero-order chi connectivity index (χ0) is 18.8. The van der Waals surface area contributed by atoms with Crippen molar-refractivity contribution in [2.75, 3.05) is 44.2 Å². The number of benzene rings is 2. The van der Waals surface area contributed by atoms with Crippen molar-refractivity contribution >= 4 is 44.8 Å². The first-order chi connectivity index (χ1) is 13.1. The fourth-order valence-corrected chi connectivity index (χ4v) is 4.66. The van der Waals surface area contributed by atoms with Gasteiger partial charge in [0.2, 0.25) is 0 Å². The molecule has 0 aromatic heterocycles. The van der Waals surface area contributed by atoms with Gasteiger partial charge in [-0.2, -0.15) is 0 Å². The van der Waals surface area contributed by atoms with Gasteiger partial charge in [-0.05, 0) is 54.3 Å². The van der Waals surface area contributed by atoms with Crippen molar-refractivity contribution < 1.29 is 4.74 Å². The Balaban J connectivity index is 1.31. The summed E-state index contributed by atoms with van der Waals surface area (Å²) in [7, 11) is 0. The lowest BCUT2D eigenvalue weighted by molar-refractivity contribution is 0.0289. The molecule has 4 rings (SSSR count). The average molecular weight is 470 g/mol. The molecular formula is C21H23BrCl2N2O. The van der Waals surface area contributed by atoms with Crippen LogP contribution in [0.15, 0.2) is 40.9 Å². The fraction of sp³-hybridized carbons (Fsp3) is 0.429. The standard InChI is InChI=1S/C21H23BrCl2N2O/c22-16-1-3-18-15(13-16)6-12-27-21(18)5-7-25-8-10-26(11-9-25)17-2-4-19(23)20(24)14-17/h1-4,13-14,21H,5-12H2. The van der Waals surface area contributed by atoms with Crippen LogP contribution in [0.2, 0.25) is 10.0 Å². The van der Waals surface area contributed by atoms with Crippen LogP contribution >= 0.6 is 39.1 Å². The second kappa shape index (κ2) is 8.71. The molecule has 2 aliphatic rings. The van der Waals surface area contributed by atoms with Crippen molar-refractivity contribution in [3.63, 3.8) is 0 Å². The Morgan fingerprint density at radius 1 is 1.00 bits per heavy atom. The van der Waals surface area contributed by atoms with Crippen LogP contribution in [0.25, 0.3) is 0 Å². The van der Waals surface area contributed by atoms with Gasteiger partial charge >= 0.3 is 0 Å². The van der Waals surface area contributed by atoms with Crippen LogP contribution in [0.3, 0.4) is 0 Å². The van der Waals surface area contributed by atoms with Gasteiger partial charge in [0, 0.05) is 42.9 Å². The molecule has 2 aromatic rings. The molecule has 0 N–H and O–H groups in total. The Hall–Kier alpha value is -0.780. The minimum absolute atomic E-state index is 0.218. The normalized spacial score (nSPS) is 20.6. The molecule has 0 aliphatic carbocycles. The molecule has 0 amide bonds. The lowest BCUT2D eigenvalue weighted by Gasteiger charge is -2.37. The monoisotopic (exact) mass is 468 g/mol. The molecule has 0 bridgehead atoms. The maximum atomic E-state index is 6.16. The van der Waals surface area contributed by atoms with Crippen LogP contribution in [0.1, 0.15) is 23.7 Å². The van der Waals surface area contributed by atoms with Gasteiger partial charge in [-0.1, -0.05) is 45.2 Å². The summed E-state index contributed by atoms with van der Waals surface area (Å²) in [4.78, 5) is 4.91. The Labute approximate surface area is 179 Å². The Kier molecular flexibility index (Phi) is 6.30. The third kappa shape index (κ3) is 4.63. The van der Waals surface area contributed by atoms with Crippen molar-refractivity contribution in [3.8, 4) is 0 Å². The summed E-state index contributed by atoms with van der Waals surface area (Å²) in [6, 6.07) is 12.5. The molecule has 6 heteroatoms. The van der Waals surface area contributed by atoms with Gasteiger partial charge in [0.1, 0.15) is 0 Å². The van der Waals surface area contributed by atoms with E-state index in [0.717, 1.165) is 62.3 Å². The van der Waals surface area contributed by atoms with E-state index < -0.39 is 0 Å². The first-order valence-corrected chi connectivity index (χ1v) is 11.0. The number of hydrogen-bond acceptors (Lipinski definition) is 3. The van der Waals surface area contributed by atoms with Crippen LogP contribution in [-0.2, 0) is 11.2 Å². The van der Waals surface area contributed by atoms with Crippen LogP contribution < -0.4 is 4.90 Å². The Bertz CT molecular complexity index is 809. The number of fused-ring (bicyclic) bond motifs is 1. The van der Waals surface area contributed by atoms with Gasteiger partial charge in [-0.25, -0.2) is 0 Å². The molecular weight excluding hydrogens is 447 g/mol. The van der Waals surface area contributed by atoms with Crippen molar-refractivity contribution in [1.29, 1.82) is 0 Å². The van der Waals surface area contributed by atoms with E-state index in [-0.39, 0.29) is 6.10 Å². The summed E-state index contributed by atoms with van der Waals surface area (Å²) >= 11 is 15.8. The quantitative estimate of drug-likeness (QED) is 0.581. The lowest BCUT2D eigenvalue weighted by atomic mass is 9.95. The fourth-order valence-electron chi connectivity index (χ4n) is 3.96. The van der Waals surface area contributed by atoms with E-state index in [9.17, 15) is 0 Å². The van der Waals surface area contributed by atoms with E-state index >= 15 is 0 Å². The molecule has 1 unspecified atom stereocenters. The van der Waals surface area contributed by atoms with Crippen molar-refractivity contribution in [2.45, 2.75) is 18.9 Å². The predicted molar refractivity (Wildman–Crippen MR) is 116 cm³/mol. The third-order valence-corrected chi connectivity index (χ3v) is 6.72. The highest BCUT2D eigenvalue weighted by Gasteiger charge is 2.23. The zero-order valence-corrected chi connectivity index (χ0v) is 18.2. The van der Waals surface area contributed by atoms with Crippen LogP contribution in [0, 0.1) is 0 Å². The van der Waals surface area contributed by atoms with Gasteiger partial charge in [0.15, 0.2) is 0 Å². The van der Waals surface area contributed by atoms with E-state index in [2.05, 4.69) is 50.0 Å². The first-order valence-electron chi connectivity index (χ1n) is 9.42. The van der Waals surface area contributed by atoms with Crippen LogP contribution in [0.5, 0.6) is 0 Å². The van der Waals surface area contributed by atoms with Crippen molar-refractivity contribution in [2.24, 2.45) is 0 Å². The molecule has 2 aliphatic heterocycles. The minimum Gasteiger partial charge on any atom is -0.373 e. The van der Waals surface area contributed by atoms with Crippen molar-refractivity contribution in [3.05, 3.63) is 62.0 Å². The highest BCUT2D eigenvalue weighted by Crippen LogP contribution is 2.32. The average Bonchev–Trinajstić information content (AvgIpc) is 2.68. The number of hydrogen-bond donors (Lipinski definition) is 0. The SMILES string of the molecule is Clc1ccc(N2CCN(CCC3OCCc4cc(Br)ccc43)CC2)cc1Cl. The summed E-state index contributed by atoms with van der Waals surface area (Å²) in [5.74, 6) is 0. The van der Waals surface area contributed by atoms with Gasteiger partial charge in [-0.3, -0.25) is 4.90 Å². The molecule has 0 radical (unpaired) electrons. The highest BCUT2D eigenvalue weighted by atomic mass is 79.9. The number of halogens is 3. The molecule has 2 heterocycles. The molecule has 1 saturated heterocycles. The topological polar surface area (TPSA) is 15.7 Å². The van der Waals surface area contributed by atoms with Crippen LogP contribution in [-0.4, -0.2) is 44.2 Å². The molecule has 2 aromatic carbocycles. The molecule has 0 spiro atoms. The molecule has 1 atom stereocenters. The number of anilines is 1. The Morgan fingerprint density at radius 2 is 1.81 bits per heavy atom. The molecule has 27 heavy (non-hydrogen) atoms. The van der Waals surface area contributed by atoms with Crippen LogP contribution in [0.4, 0.5) is 5.69 Å². The van der Waals surface area contributed by atoms with Gasteiger partial charge in [0.05, 0.1) is 22.8 Å². The van der Waals surface area contributed by atoms with Gasteiger partial charge < -0.3 is 9.64 Å². The van der Waals surface area contributed by atoms with Gasteiger partial charge in [-0.15, -0.1) is 0 Å². The van der Waals surface area contributed by atoms with Crippen molar-refractivity contribution in [1.82, 2.24) is 4.90 Å². The molecule has 1 fully saturated rings. The predicted octanol–water partition coefficient (Wildman–Crippen LogP) is 5.58. The first kappa shape index (κ1) is 19.5. The third-order valence-electron chi connectivity index (χ3n) is 5.49. The number of ether oxygens (including phenoxy) is 1. The molecule has 144 valence electrons. The molecule has 0 saturated carbocycles. The van der Waals surface area contributed by atoms with E-state index in [1.807, 2.05) is 12.1 Å². The zero-order valence-electron chi connectivity index (χ0n) is 15.1. The van der Waals surface area contributed by atoms with E-state index in [0.29, 0.717) is 10.0 Å². The smallest absolute Gasteiger partial charge is 0.0839 e. The second-order valence-electron chi connectivity index (χ2n) is 7.17. The summed E-state index contributed by atoms with van der Waals surface area (Å²) < 4.78 is 7.22. The summed E-state index contributed by atoms with van der Waals surface area (Å²) in [5.41, 5.74) is 3.93. The second-order valence-corrected chi connectivity index (χ2v) is 8.90. The maximum Gasteiger partial charge on any atom is 0.0839 e. The summed E-state index contributed by atoms with van der Waals surface area (Å²) in [6.07, 6.45) is 2.27. The number of piperazine rings is 1. The Morgan fingerprint density at radius 3 is 2.59 bits per heavy atom. The van der Waals surface area contributed by atoms with E-state index in [1.54, 1.807) is 0 Å². The van der Waals surface area contributed by atoms with E-state index in [4.69, 9.17) is 27.9 Å². The highest BCUT2D eigenvalue weighted by molar-refractivity contribution is 9.10. The van der Waals surface area contributed by atoms with E-state index in [1.165, 1.54) is 11.1 Å².